The standard InChI is InChI=1S/C12H10F2N4OS/c13-12(14)19-8-4-2-1-3-7(8)18-11-9(10(15)20)16-5-6-17-11/h1-6,12H,(H2,15,20)(H,17,18). The Morgan fingerprint density at radius 2 is 1.95 bits per heavy atom. The highest BCUT2D eigenvalue weighted by atomic mass is 32.1. The summed E-state index contributed by atoms with van der Waals surface area (Å²) in [5, 5.41) is 2.83. The van der Waals surface area contributed by atoms with Gasteiger partial charge in [0.05, 0.1) is 5.69 Å². The Morgan fingerprint density at radius 3 is 2.65 bits per heavy atom. The van der Waals surface area contributed by atoms with Gasteiger partial charge in [-0.05, 0) is 12.1 Å². The topological polar surface area (TPSA) is 73.1 Å². The van der Waals surface area contributed by atoms with Gasteiger partial charge in [-0.15, -0.1) is 0 Å². The van der Waals surface area contributed by atoms with Crippen LogP contribution in [0.25, 0.3) is 0 Å². The molecule has 0 aliphatic heterocycles. The molecule has 0 fully saturated rings. The third-order valence-electron chi connectivity index (χ3n) is 2.29. The molecule has 3 N–H and O–H groups in total. The maximum atomic E-state index is 12.3. The maximum absolute atomic E-state index is 12.3. The van der Waals surface area contributed by atoms with Gasteiger partial charge in [-0.2, -0.15) is 8.78 Å². The molecule has 0 aliphatic rings. The normalized spacial score (nSPS) is 10.3. The van der Waals surface area contributed by atoms with Crippen LogP contribution in [-0.2, 0) is 0 Å². The fourth-order valence-electron chi connectivity index (χ4n) is 1.51. The van der Waals surface area contributed by atoms with Crippen LogP contribution in [0.4, 0.5) is 20.3 Å². The zero-order chi connectivity index (χ0) is 14.5. The van der Waals surface area contributed by atoms with Gasteiger partial charge in [0.2, 0.25) is 0 Å². The van der Waals surface area contributed by atoms with Crippen LogP contribution in [0, 0.1) is 0 Å². The molecule has 0 amide bonds. The minimum absolute atomic E-state index is 0.0120. The first-order valence-corrected chi connectivity index (χ1v) is 5.90. The molecule has 0 bridgehead atoms. The number of para-hydroxylation sites is 2. The summed E-state index contributed by atoms with van der Waals surface area (Å²) < 4.78 is 29.1. The summed E-state index contributed by atoms with van der Waals surface area (Å²) in [7, 11) is 0. The van der Waals surface area contributed by atoms with Crippen LogP contribution >= 0.6 is 12.2 Å². The Balaban J connectivity index is 2.33. The van der Waals surface area contributed by atoms with Gasteiger partial charge in [0, 0.05) is 12.4 Å². The smallest absolute Gasteiger partial charge is 0.387 e. The summed E-state index contributed by atoms with van der Waals surface area (Å²) in [5.74, 6) is 0.257. The van der Waals surface area contributed by atoms with E-state index in [-0.39, 0.29) is 22.2 Å². The van der Waals surface area contributed by atoms with E-state index in [4.69, 9.17) is 18.0 Å². The number of hydrogen-bond acceptors (Lipinski definition) is 5. The lowest BCUT2D eigenvalue weighted by atomic mass is 10.3. The van der Waals surface area contributed by atoms with E-state index in [9.17, 15) is 8.78 Å². The number of anilines is 2. The lowest BCUT2D eigenvalue weighted by Crippen LogP contribution is -2.15. The Labute approximate surface area is 118 Å². The molecule has 1 heterocycles. The summed E-state index contributed by atoms with van der Waals surface area (Å²) in [5.41, 5.74) is 6.11. The first-order valence-electron chi connectivity index (χ1n) is 5.49. The van der Waals surface area contributed by atoms with Crippen LogP contribution in [0.1, 0.15) is 5.69 Å². The number of hydrogen-bond donors (Lipinski definition) is 2. The van der Waals surface area contributed by atoms with Crippen LogP contribution < -0.4 is 15.8 Å². The zero-order valence-corrected chi connectivity index (χ0v) is 10.9. The van der Waals surface area contributed by atoms with E-state index < -0.39 is 6.61 Å². The fraction of sp³-hybridized carbons (Fsp3) is 0.0833. The SMILES string of the molecule is NC(=S)c1nccnc1Nc1ccccc1OC(F)F. The van der Waals surface area contributed by atoms with Gasteiger partial charge >= 0.3 is 6.61 Å². The highest BCUT2D eigenvalue weighted by Gasteiger charge is 2.12. The quantitative estimate of drug-likeness (QED) is 0.826. The molecule has 8 heteroatoms. The minimum Gasteiger partial charge on any atom is -0.433 e. The number of nitrogens with zero attached hydrogens (tertiary/aromatic N) is 2. The zero-order valence-electron chi connectivity index (χ0n) is 10.1. The van der Waals surface area contributed by atoms with E-state index in [1.54, 1.807) is 18.2 Å². The lowest BCUT2D eigenvalue weighted by Gasteiger charge is -2.13. The van der Waals surface area contributed by atoms with Gasteiger partial charge in [-0.25, -0.2) is 9.97 Å². The Hall–Kier alpha value is -2.35. The van der Waals surface area contributed by atoms with Crippen LogP contribution in [0.2, 0.25) is 0 Å². The number of benzene rings is 1. The van der Waals surface area contributed by atoms with E-state index in [0.717, 1.165) is 0 Å². The number of alkyl halides is 2. The number of nitrogens with one attached hydrogen (secondary N) is 1. The van der Waals surface area contributed by atoms with Gasteiger partial charge < -0.3 is 15.8 Å². The summed E-state index contributed by atoms with van der Waals surface area (Å²) in [4.78, 5) is 8.07. The maximum Gasteiger partial charge on any atom is 0.387 e. The molecule has 104 valence electrons. The number of aromatic nitrogens is 2. The van der Waals surface area contributed by atoms with E-state index in [1.807, 2.05) is 0 Å². The Bertz CT molecular complexity index is 624. The van der Waals surface area contributed by atoms with Crippen LogP contribution in [0.5, 0.6) is 5.75 Å². The molecule has 1 aromatic heterocycles. The molecule has 0 aliphatic carbocycles. The first kappa shape index (κ1) is 14.1. The molecule has 5 nitrogen and oxygen atoms in total. The highest BCUT2D eigenvalue weighted by Crippen LogP contribution is 2.28. The molecular formula is C12H10F2N4OS. The third-order valence-corrected chi connectivity index (χ3v) is 2.48. The minimum atomic E-state index is -2.92. The molecule has 0 atom stereocenters. The number of thiocarbonyl (C=S) groups is 1. The average Bonchev–Trinajstić information content (AvgIpc) is 2.41. The van der Waals surface area contributed by atoms with Crippen molar-refractivity contribution in [3.05, 3.63) is 42.4 Å². The van der Waals surface area contributed by atoms with Crippen molar-refractivity contribution in [1.29, 1.82) is 0 Å². The van der Waals surface area contributed by atoms with Gasteiger partial charge in [-0.1, -0.05) is 24.4 Å². The molecule has 0 saturated heterocycles. The second-order valence-electron chi connectivity index (χ2n) is 3.62. The number of rotatable bonds is 5. The fourth-order valence-corrected chi connectivity index (χ4v) is 1.66. The molecule has 2 rings (SSSR count). The van der Waals surface area contributed by atoms with E-state index >= 15 is 0 Å². The predicted molar refractivity (Wildman–Crippen MR) is 74.3 cm³/mol. The van der Waals surface area contributed by atoms with Gasteiger partial charge in [0.1, 0.15) is 16.4 Å². The van der Waals surface area contributed by atoms with E-state index in [2.05, 4.69) is 20.0 Å². The van der Waals surface area contributed by atoms with Crippen molar-refractivity contribution in [3.63, 3.8) is 0 Å². The van der Waals surface area contributed by atoms with Crippen molar-refractivity contribution >= 4 is 28.7 Å². The molecule has 20 heavy (non-hydrogen) atoms. The molecule has 1 aromatic carbocycles. The monoisotopic (exact) mass is 296 g/mol. The second-order valence-corrected chi connectivity index (χ2v) is 4.06. The van der Waals surface area contributed by atoms with E-state index in [1.165, 1.54) is 18.5 Å². The molecular weight excluding hydrogens is 286 g/mol. The highest BCUT2D eigenvalue weighted by molar-refractivity contribution is 7.80. The number of ether oxygens (including phenoxy) is 1. The first-order chi connectivity index (χ1) is 9.58. The van der Waals surface area contributed by atoms with Crippen LogP contribution in [-0.4, -0.2) is 21.6 Å². The number of halogens is 2. The van der Waals surface area contributed by atoms with Gasteiger partial charge in [0.25, 0.3) is 0 Å². The Morgan fingerprint density at radius 1 is 1.25 bits per heavy atom. The van der Waals surface area contributed by atoms with Crippen molar-refractivity contribution < 1.29 is 13.5 Å². The van der Waals surface area contributed by atoms with Gasteiger partial charge in [-0.3, -0.25) is 0 Å². The Kier molecular flexibility index (Phi) is 4.36. The average molecular weight is 296 g/mol. The summed E-state index contributed by atoms with van der Waals surface area (Å²) >= 11 is 4.85. The van der Waals surface area contributed by atoms with Crippen molar-refractivity contribution in [1.82, 2.24) is 9.97 Å². The van der Waals surface area contributed by atoms with Crippen molar-refractivity contribution in [2.45, 2.75) is 6.61 Å². The summed E-state index contributed by atoms with van der Waals surface area (Å²) in [6, 6.07) is 6.21. The third kappa shape index (κ3) is 3.35. The summed E-state index contributed by atoms with van der Waals surface area (Å²) in [6.45, 7) is -2.92. The van der Waals surface area contributed by atoms with Crippen molar-refractivity contribution in [2.24, 2.45) is 5.73 Å². The van der Waals surface area contributed by atoms with Crippen LogP contribution in [0.15, 0.2) is 36.7 Å². The second kappa shape index (κ2) is 6.20. The molecule has 0 unspecified atom stereocenters. The van der Waals surface area contributed by atoms with Crippen molar-refractivity contribution in [3.8, 4) is 5.75 Å². The molecule has 0 saturated carbocycles. The predicted octanol–water partition coefficient (Wildman–Crippen LogP) is 2.46. The van der Waals surface area contributed by atoms with E-state index in [0.29, 0.717) is 5.69 Å². The summed E-state index contributed by atoms with van der Waals surface area (Å²) in [6.07, 6.45) is 2.86. The number of nitrogens with two attached hydrogens (primary N) is 1. The molecule has 0 spiro atoms. The van der Waals surface area contributed by atoms with Crippen LogP contribution in [0.3, 0.4) is 0 Å². The van der Waals surface area contributed by atoms with Crippen molar-refractivity contribution in [2.75, 3.05) is 5.32 Å². The lowest BCUT2D eigenvalue weighted by molar-refractivity contribution is -0.0493. The van der Waals surface area contributed by atoms with Gasteiger partial charge in [0.15, 0.2) is 5.82 Å². The largest absolute Gasteiger partial charge is 0.433 e. The molecule has 2 aromatic rings. The molecule has 0 radical (unpaired) electrons.